The Balaban J connectivity index is 1.34. The molecule has 0 heterocycles. The number of hydrogen-bond donors (Lipinski definition) is 1. The van der Waals surface area contributed by atoms with Gasteiger partial charge in [-0.1, -0.05) is 24.3 Å². The largest absolute Gasteiger partial charge is 0.461 e. The lowest BCUT2D eigenvalue weighted by Crippen LogP contribution is -2.37. The van der Waals surface area contributed by atoms with Crippen molar-refractivity contribution in [2.24, 2.45) is 29.6 Å². The van der Waals surface area contributed by atoms with E-state index in [0.717, 1.165) is 25.7 Å². The van der Waals surface area contributed by atoms with Gasteiger partial charge in [0.1, 0.15) is 12.2 Å². The summed E-state index contributed by atoms with van der Waals surface area (Å²) in [5, 5.41) is 9.45. The summed E-state index contributed by atoms with van der Waals surface area (Å²) in [7, 11) is 0. The molecule has 4 aliphatic rings. The minimum atomic E-state index is -1.22. The van der Waals surface area contributed by atoms with E-state index in [9.17, 15) is 14.7 Å². The van der Waals surface area contributed by atoms with Crippen molar-refractivity contribution in [3.63, 3.8) is 0 Å². The molecular formula is C18H22O5. The molecule has 0 aliphatic heterocycles. The molecule has 0 amide bonds. The van der Waals surface area contributed by atoms with Gasteiger partial charge in [0, 0.05) is 11.8 Å². The van der Waals surface area contributed by atoms with Gasteiger partial charge in [-0.3, -0.25) is 9.59 Å². The normalized spacial score (nSPS) is 40.6. The van der Waals surface area contributed by atoms with Crippen LogP contribution in [0.15, 0.2) is 24.3 Å². The smallest absolute Gasteiger partial charge is 0.323 e. The topological polar surface area (TPSA) is 72.8 Å². The zero-order chi connectivity index (χ0) is 16.0. The Morgan fingerprint density at radius 2 is 1.35 bits per heavy atom. The Labute approximate surface area is 135 Å². The maximum absolute atomic E-state index is 12.3. The fourth-order valence-corrected chi connectivity index (χ4v) is 4.44. The van der Waals surface area contributed by atoms with Crippen LogP contribution in [-0.4, -0.2) is 35.9 Å². The minimum Gasteiger partial charge on any atom is -0.461 e. The van der Waals surface area contributed by atoms with Crippen LogP contribution in [0.5, 0.6) is 0 Å². The second-order valence-electron chi connectivity index (χ2n) is 7.25. The molecule has 2 fully saturated rings. The molecular weight excluding hydrogens is 296 g/mol. The van der Waals surface area contributed by atoms with Crippen LogP contribution < -0.4 is 0 Å². The van der Waals surface area contributed by atoms with Gasteiger partial charge in [-0.15, -0.1) is 0 Å². The average molecular weight is 318 g/mol. The van der Waals surface area contributed by atoms with E-state index in [1.165, 1.54) is 0 Å². The first kappa shape index (κ1) is 14.9. The standard InChI is InChI=1S/C18H22O5/c19-9-14(17(20)22-15-7-10-1-3-12(15)5-10)18(21)23-16-8-11-2-4-13(16)6-11/h1-4,10-16,19H,5-9H2. The summed E-state index contributed by atoms with van der Waals surface area (Å²) in [6, 6.07) is 0. The number of fused-ring (bicyclic) bond motifs is 4. The molecule has 0 spiro atoms. The van der Waals surface area contributed by atoms with E-state index in [2.05, 4.69) is 24.3 Å². The zero-order valence-corrected chi connectivity index (χ0v) is 13.0. The molecule has 4 aliphatic carbocycles. The Kier molecular flexibility index (Phi) is 3.76. The van der Waals surface area contributed by atoms with Crippen molar-refractivity contribution >= 4 is 11.9 Å². The van der Waals surface area contributed by atoms with Gasteiger partial charge < -0.3 is 14.6 Å². The van der Waals surface area contributed by atoms with Gasteiger partial charge >= 0.3 is 11.9 Å². The Bertz CT molecular complexity index is 518. The van der Waals surface area contributed by atoms with Crippen molar-refractivity contribution < 1.29 is 24.2 Å². The van der Waals surface area contributed by atoms with E-state index < -0.39 is 24.5 Å². The first-order chi connectivity index (χ1) is 11.1. The number of carbonyl (C=O) groups excluding carboxylic acids is 2. The van der Waals surface area contributed by atoms with Crippen molar-refractivity contribution in [3.05, 3.63) is 24.3 Å². The van der Waals surface area contributed by atoms with Crippen LogP contribution in [0.3, 0.4) is 0 Å². The average Bonchev–Trinajstić information content (AvgIpc) is 3.28. The number of allylic oxidation sites excluding steroid dienone is 2. The molecule has 4 rings (SSSR count). The predicted octanol–water partition coefficient (Wildman–Crippen LogP) is 1.61. The third kappa shape index (κ3) is 2.71. The van der Waals surface area contributed by atoms with Crippen LogP contribution in [0.2, 0.25) is 0 Å². The van der Waals surface area contributed by atoms with Crippen LogP contribution >= 0.6 is 0 Å². The lowest BCUT2D eigenvalue weighted by atomic mass is 10.0. The maximum Gasteiger partial charge on any atom is 0.323 e. The molecule has 1 N–H and O–H groups in total. The van der Waals surface area contributed by atoms with Crippen molar-refractivity contribution in [2.75, 3.05) is 6.61 Å². The molecule has 0 aromatic heterocycles. The van der Waals surface area contributed by atoms with Gasteiger partial charge in [-0.25, -0.2) is 0 Å². The van der Waals surface area contributed by atoms with Crippen molar-refractivity contribution in [1.29, 1.82) is 0 Å². The highest BCUT2D eigenvalue weighted by Crippen LogP contribution is 2.42. The second-order valence-corrected chi connectivity index (χ2v) is 7.25. The highest BCUT2D eigenvalue weighted by Gasteiger charge is 2.43. The monoisotopic (exact) mass is 318 g/mol. The van der Waals surface area contributed by atoms with Gasteiger partial charge in [0.2, 0.25) is 0 Å². The predicted molar refractivity (Wildman–Crippen MR) is 81.0 cm³/mol. The molecule has 4 bridgehead atoms. The summed E-state index contributed by atoms with van der Waals surface area (Å²) in [5.41, 5.74) is 0. The fraction of sp³-hybridized carbons (Fsp3) is 0.667. The van der Waals surface area contributed by atoms with Gasteiger partial charge in [-0.2, -0.15) is 0 Å². The molecule has 2 saturated carbocycles. The van der Waals surface area contributed by atoms with Crippen molar-refractivity contribution in [3.8, 4) is 0 Å². The molecule has 6 atom stereocenters. The molecule has 0 aromatic carbocycles. The van der Waals surface area contributed by atoms with E-state index in [1.54, 1.807) is 0 Å². The number of hydrogen-bond acceptors (Lipinski definition) is 5. The highest BCUT2D eigenvalue weighted by atomic mass is 16.6. The van der Waals surface area contributed by atoms with Gasteiger partial charge in [0.25, 0.3) is 0 Å². The summed E-state index contributed by atoms with van der Waals surface area (Å²) in [4.78, 5) is 24.5. The quantitative estimate of drug-likeness (QED) is 0.474. The Morgan fingerprint density at radius 3 is 1.65 bits per heavy atom. The molecule has 0 aromatic rings. The SMILES string of the molecule is O=C(OC1CC2C=CC1C2)C(CO)C(=O)OC1CC2C=CC1C2. The highest BCUT2D eigenvalue weighted by molar-refractivity contribution is 5.95. The summed E-state index contributed by atoms with van der Waals surface area (Å²) in [5.74, 6) is -1.04. The number of ether oxygens (including phenoxy) is 2. The molecule has 124 valence electrons. The van der Waals surface area contributed by atoms with Crippen LogP contribution in [0.25, 0.3) is 0 Å². The lowest BCUT2D eigenvalue weighted by molar-refractivity contribution is -0.171. The maximum atomic E-state index is 12.3. The van der Waals surface area contributed by atoms with Gasteiger partial charge in [0.15, 0.2) is 5.92 Å². The first-order valence-electron chi connectivity index (χ1n) is 8.52. The number of carbonyl (C=O) groups is 2. The summed E-state index contributed by atoms with van der Waals surface area (Å²) in [6.07, 6.45) is 11.8. The van der Waals surface area contributed by atoms with Crippen LogP contribution in [0, 0.1) is 29.6 Å². The van der Waals surface area contributed by atoms with Crippen molar-refractivity contribution in [1.82, 2.24) is 0 Å². The zero-order valence-electron chi connectivity index (χ0n) is 13.0. The lowest BCUT2D eigenvalue weighted by Gasteiger charge is -2.24. The summed E-state index contributed by atoms with van der Waals surface area (Å²) in [6.45, 7) is -0.565. The summed E-state index contributed by atoms with van der Waals surface area (Å²) >= 11 is 0. The third-order valence-corrected chi connectivity index (χ3v) is 5.72. The van der Waals surface area contributed by atoms with Gasteiger partial charge in [-0.05, 0) is 37.5 Å². The van der Waals surface area contributed by atoms with Crippen LogP contribution in [0.4, 0.5) is 0 Å². The second kappa shape index (κ2) is 5.78. The van der Waals surface area contributed by atoms with Gasteiger partial charge in [0.05, 0.1) is 6.61 Å². The molecule has 23 heavy (non-hydrogen) atoms. The van der Waals surface area contributed by atoms with Crippen LogP contribution in [-0.2, 0) is 19.1 Å². The van der Waals surface area contributed by atoms with Crippen LogP contribution in [0.1, 0.15) is 25.7 Å². The Morgan fingerprint density at radius 1 is 0.870 bits per heavy atom. The van der Waals surface area contributed by atoms with E-state index in [1.807, 2.05) is 0 Å². The van der Waals surface area contributed by atoms with E-state index in [0.29, 0.717) is 11.8 Å². The molecule has 6 unspecified atom stereocenters. The first-order valence-corrected chi connectivity index (χ1v) is 8.52. The fourth-order valence-electron chi connectivity index (χ4n) is 4.44. The number of aliphatic hydroxyl groups excluding tert-OH is 1. The van der Waals surface area contributed by atoms with E-state index in [-0.39, 0.29) is 24.0 Å². The number of rotatable bonds is 5. The molecule has 5 nitrogen and oxygen atoms in total. The third-order valence-electron chi connectivity index (χ3n) is 5.72. The number of aliphatic hydroxyl groups is 1. The molecule has 0 saturated heterocycles. The Hall–Kier alpha value is -1.62. The van der Waals surface area contributed by atoms with E-state index in [4.69, 9.17) is 9.47 Å². The summed E-state index contributed by atoms with van der Waals surface area (Å²) < 4.78 is 11.0. The molecule has 5 heteroatoms. The van der Waals surface area contributed by atoms with E-state index >= 15 is 0 Å². The minimum absolute atomic E-state index is 0.162. The number of esters is 2. The molecule has 0 radical (unpaired) electrons. The van der Waals surface area contributed by atoms with Crippen molar-refractivity contribution in [2.45, 2.75) is 37.9 Å².